The summed E-state index contributed by atoms with van der Waals surface area (Å²) in [6, 6.07) is 3.71. The molecule has 0 radical (unpaired) electrons. The Morgan fingerprint density at radius 3 is 2.25 bits per heavy atom. The van der Waals surface area contributed by atoms with Crippen LogP contribution in [0, 0.1) is 0 Å². The number of sulfone groups is 1. The summed E-state index contributed by atoms with van der Waals surface area (Å²) >= 11 is 0. The fourth-order valence-electron chi connectivity index (χ4n) is 1.38. The molecule has 0 spiro atoms. The molecule has 0 aliphatic heterocycles. The minimum atomic E-state index is -4.46. The number of carbonyl (C=O) groups is 1. The zero-order valence-corrected chi connectivity index (χ0v) is 11.1. The van der Waals surface area contributed by atoms with Crippen molar-refractivity contribution in [2.24, 2.45) is 0 Å². The van der Waals surface area contributed by atoms with Crippen LogP contribution in [0.25, 0.3) is 0 Å². The molecule has 0 heterocycles. The number of alkyl halides is 3. The van der Waals surface area contributed by atoms with Crippen LogP contribution in [0.1, 0.15) is 5.56 Å². The van der Waals surface area contributed by atoms with E-state index < -0.39 is 33.2 Å². The molecule has 1 N–H and O–H groups in total. The number of hydrogen-bond donors (Lipinski definition) is 1. The quantitative estimate of drug-likeness (QED) is 0.849. The third kappa shape index (κ3) is 5.04. The lowest BCUT2D eigenvalue weighted by Crippen LogP contribution is -2.24. The van der Waals surface area contributed by atoms with Crippen molar-refractivity contribution in [3.05, 3.63) is 42.5 Å². The first-order valence-corrected chi connectivity index (χ1v) is 7.24. The van der Waals surface area contributed by atoms with Gasteiger partial charge in [-0.05, 0) is 24.3 Å². The number of carbonyl (C=O) groups excluding carboxylic acids is 1. The van der Waals surface area contributed by atoms with Gasteiger partial charge in [0.05, 0.1) is 11.3 Å². The number of anilines is 1. The van der Waals surface area contributed by atoms with Crippen molar-refractivity contribution in [2.45, 2.75) is 6.18 Å². The lowest BCUT2D eigenvalue weighted by molar-refractivity contribution is -0.137. The second-order valence-electron chi connectivity index (χ2n) is 3.97. The Morgan fingerprint density at radius 1 is 1.25 bits per heavy atom. The molecule has 0 fully saturated rings. The minimum absolute atomic E-state index is 0.0943. The van der Waals surface area contributed by atoms with E-state index in [0.717, 1.165) is 30.3 Å². The van der Waals surface area contributed by atoms with Gasteiger partial charge in [0, 0.05) is 5.69 Å². The first-order chi connectivity index (χ1) is 9.14. The average Bonchev–Trinajstić information content (AvgIpc) is 2.27. The summed E-state index contributed by atoms with van der Waals surface area (Å²) in [5, 5.41) is 2.22. The van der Waals surface area contributed by atoms with Gasteiger partial charge in [-0.2, -0.15) is 13.2 Å². The zero-order valence-electron chi connectivity index (χ0n) is 10.3. The van der Waals surface area contributed by atoms with Gasteiger partial charge in [0.2, 0.25) is 5.91 Å². The summed E-state index contributed by atoms with van der Waals surface area (Å²) in [7, 11) is -3.59. The van der Waals surface area contributed by atoms with Crippen LogP contribution < -0.4 is 5.32 Å². The highest BCUT2D eigenvalue weighted by Gasteiger charge is 2.30. The Kier molecular flexibility index (Phi) is 4.93. The van der Waals surface area contributed by atoms with Gasteiger partial charge < -0.3 is 5.32 Å². The van der Waals surface area contributed by atoms with E-state index in [0.29, 0.717) is 0 Å². The summed E-state index contributed by atoms with van der Waals surface area (Å²) in [5.41, 5.74) is -0.758. The van der Waals surface area contributed by atoms with Crippen LogP contribution in [-0.4, -0.2) is 25.8 Å². The Bertz CT molecular complexity index is 591. The molecule has 1 rings (SSSR count). The van der Waals surface area contributed by atoms with Gasteiger partial charge in [-0.3, -0.25) is 4.79 Å². The van der Waals surface area contributed by atoms with Gasteiger partial charge >= 0.3 is 6.18 Å². The third-order valence-electron chi connectivity index (χ3n) is 2.22. The molecule has 1 aromatic carbocycles. The molecule has 0 aliphatic rings. The maximum absolute atomic E-state index is 12.3. The molecule has 0 saturated carbocycles. The van der Waals surface area contributed by atoms with Crippen molar-refractivity contribution in [2.75, 3.05) is 16.8 Å². The van der Waals surface area contributed by atoms with Crippen LogP contribution in [-0.2, 0) is 20.8 Å². The number of nitrogens with one attached hydrogen (secondary N) is 1. The molecule has 110 valence electrons. The van der Waals surface area contributed by atoms with Crippen LogP contribution in [0.5, 0.6) is 0 Å². The molecular formula is C12H12F3NO3S. The molecule has 0 saturated heterocycles. The van der Waals surface area contributed by atoms with E-state index in [-0.39, 0.29) is 11.4 Å². The molecule has 0 aromatic heterocycles. The Balaban J connectivity index is 2.70. The molecule has 0 bridgehead atoms. The Labute approximate surface area is 114 Å². The van der Waals surface area contributed by atoms with Gasteiger partial charge in [0.25, 0.3) is 0 Å². The smallest absolute Gasteiger partial charge is 0.325 e. The Morgan fingerprint density at radius 2 is 1.80 bits per heavy atom. The molecule has 1 amide bonds. The molecule has 1 aromatic rings. The van der Waals surface area contributed by atoms with E-state index in [2.05, 4.69) is 11.9 Å². The van der Waals surface area contributed by atoms with Crippen molar-refractivity contribution in [1.82, 2.24) is 0 Å². The summed E-state index contributed by atoms with van der Waals surface area (Å²) in [5.74, 6) is -1.90. The van der Waals surface area contributed by atoms with E-state index in [1.165, 1.54) is 0 Å². The molecule has 20 heavy (non-hydrogen) atoms. The van der Waals surface area contributed by atoms with Gasteiger partial charge in [-0.1, -0.05) is 6.08 Å². The van der Waals surface area contributed by atoms with Crippen molar-refractivity contribution in [3.8, 4) is 0 Å². The van der Waals surface area contributed by atoms with E-state index in [1.807, 2.05) is 0 Å². The number of halogens is 3. The van der Waals surface area contributed by atoms with Crippen molar-refractivity contribution in [1.29, 1.82) is 0 Å². The van der Waals surface area contributed by atoms with Crippen molar-refractivity contribution < 1.29 is 26.4 Å². The van der Waals surface area contributed by atoms with Crippen molar-refractivity contribution >= 4 is 21.4 Å². The van der Waals surface area contributed by atoms with Crippen LogP contribution in [0.4, 0.5) is 18.9 Å². The second-order valence-corrected chi connectivity index (χ2v) is 6.08. The summed E-state index contributed by atoms with van der Waals surface area (Å²) in [4.78, 5) is 11.4. The summed E-state index contributed by atoms with van der Waals surface area (Å²) in [6.45, 7) is 3.25. The second kappa shape index (κ2) is 6.08. The average molecular weight is 307 g/mol. The predicted molar refractivity (Wildman–Crippen MR) is 68.9 cm³/mol. The molecule has 4 nitrogen and oxygen atoms in total. The lowest BCUT2D eigenvalue weighted by Gasteiger charge is -2.08. The van der Waals surface area contributed by atoms with Crippen LogP contribution in [0.15, 0.2) is 36.9 Å². The molecule has 0 aliphatic carbocycles. The van der Waals surface area contributed by atoms with Crippen molar-refractivity contribution in [3.63, 3.8) is 0 Å². The van der Waals surface area contributed by atoms with Crippen LogP contribution >= 0.6 is 0 Å². The fraction of sp³-hybridized carbons (Fsp3) is 0.250. The predicted octanol–water partition coefficient (Wildman–Crippen LogP) is 2.24. The normalized spacial score (nSPS) is 11.9. The fourth-order valence-corrected chi connectivity index (χ4v) is 2.33. The maximum atomic E-state index is 12.3. The number of amides is 1. The number of benzene rings is 1. The minimum Gasteiger partial charge on any atom is -0.325 e. The molecular weight excluding hydrogens is 295 g/mol. The SMILES string of the molecule is C=CCS(=O)(=O)CC(=O)Nc1ccc(C(F)(F)F)cc1. The number of hydrogen-bond acceptors (Lipinski definition) is 3. The van der Waals surface area contributed by atoms with Crippen LogP contribution in [0.3, 0.4) is 0 Å². The van der Waals surface area contributed by atoms with Gasteiger partial charge in [-0.15, -0.1) is 6.58 Å². The third-order valence-corrected chi connectivity index (χ3v) is 3.66. The largest absolute Gasteiger partial charge is 0.416 e. The highest BCUT2D eigenvalue weighted by Crippen LogP contribution is 2.29. The maximum Gasteiger partial charge on any atom is 0.416 e. The Hall–Kier alpha value is -1.83. The highest BCUT2D eigenvalue weighted by atomic mass is 32.2. The standard InChI is InChI=1S/C12H12F3NO3S/c1-2-7-20(18,19)8-11(17)16-10-5-3-9(4-6-10)12(13,14)15/h2-6H,1,7-8H2,(H,16,17). The van der Waals surface area contributed by atoms with E-state index in [1.54, 1.807) is 0 Å². The first-order valence-electron chi connectivity index (χ1n) is 5.42. The monoisotopic (exact) mass is 307 g/mol. The lowest BCUT2D eigenvalue weighted by atomic mass is 10.2. The highest BCUT2D eigenvalue weighted by molar-refractivity contribution is 7.92. The van der Waals surface area contributed by atoms with Gasteiger partial charge in [-0.25, -0.2) is 8.42 Å². The molecule has 8 heteroatoms. The topological polar surface area (TPSA) is 63.2 Å². The molecule has 0 unspecified atom stereocenters. The summed E-state index contributed by atoms with van der Waals surface area (Å²) < 4.78 is 59.6. The van der Waals surface area contributed by atoms with E-state index in [4.69, 9.17) is 0 Å². The first kappa shape index (κ1) is 16.2. The zero-order chi connectivity index (χ0) is 15.4. The van der Waals surface area contributed by atoms with Gasteiger partial charge in [0.15, 0.2) is 9.84 Å². The number of rotatable bonds is 5. The van der Waals surface area contributed by atoms with E-state index >= 15 is 0 Å². The van der Waals surface area contributed by atoms with Gasteiger partial charge in [0.1, 0.15) is 5.75 Å². The molecule has 0 atom stereocenters. The van der Waals surface area contributed by atoms with E-state index in [9.17, 15) is 26.4 Å². The summed E-state index contributed by atoms with van der Waals surface area (Å²) in [6.07, 6.45) is -3.31. The van der Waals surface area contributed by atoms with Crippen LogP contribution in [0.2, 0.25) is 0 Å².